The third-order valence-electron chi connectivity index (χ3n) is 3.77. The minimum atomic E-state index is -4.73. The summed E-state index contributed by atoms with van der Waals surface area (Å²) in [6, 6.07) is 11.8. The number of benzene rings is 1. The summed E-state index contributed by atoms with van der Waals surface area (Å²) < 4.78 is 37.1. The van der Waals surface area contributed by atoms with Gasteiger partial charge in [0.15, 0.2) is 0 Å². The number of nitrogens with zero attached hydrogens (tertiary/aromatic N) is 1. The first kappa shape index (κ1) is 16.8. The van der Waals surface area contributed by atoms with Crippen molar-refractivity contribution in [3.8, 4) is 0 Å². The molecule has 1 saturated carbocycles. The van der Waals surface area contributed by atoms with E-state index in [1.54, 1.807) is 0 Å². The van der Waals surface area contributed by atoms with E-state index in [2.05, 4.69) is 5.32 Å². The molecule has 6 heteroatoms. The van der Waals surface area contributed by atoms with Crippen molar-refractivity contribution in [1.82, 2.24) is 10.2 Å². The van der Waals surface area contributed by atoms with E-state index in [0.717, 1.165) is 17.9 Å². The van der Waals surface area contributed by atoms with Crippen molar-refractivity contribution in [1.29, 1.82) is 0 Å². The lowest BCUT2D eigenvalue weighted by Gasteiger charge is -2.26. The maximum atomic E-state index is 12.4. The zero-order valence-electron chi connectivity index (χ0n) is 12.4. The number of hydrogen-bond donors (Lipinski definition) is 1. The number of alkyl halides is 3. The molecule has 3 nitrogen and oxygen atoms in total. The number of halogens is 3. The average Bonchev–Trinajstić information content (AvgIpc) is 3.22. The van der Waals surface area contributed by atoms with Crippen LogP contribution in [-0.2, 0) is 4.79 Å². The maximum Gasteiger partial charge on any atom is 0.471 e. The van der Waals surface area contributed by atoms with Crippen LogP contribution >= 0.6 is 0 Å². The van der Waals surface area contributed by atoms with Gasteiger partial charge < -0.3 is 10.2 Å². The van der Waals surface area contributed by atoms with Gasteiger partial charge in [-0.05, 0) is 38.3 Å². The maximum absolute atomic E-state index is 12.4. The van der Waals surface area contributed by atoms with Gasteiger partial charge in [-0.25, -0.2) is 0 Å². The first-order chi connectivity index (χ1) is 10.5. The highest BCUT2D eigenvalue weighted by molar-refractivity contribution is 5.82. The lowest BCUT2D eigenvalue weighted by molar-refractivity contribution is -0.186. The predicted octanol–water partition coefficient (Wildman–Crippen LogP) is 2.84. The van der Waals surface area contributed by atoms with Gasteiger partial charge in [-0.3, -0.25) is 4.79 Å². The van der Waals surface area contributed by atoms with Gasteiger partial charge in [0.2, 0.25) is 0 Å². The normalized spacial score (nSPS) is 21.0. The quantitative estimate of drug-likeness (QED) is 0.930. The van der Waals surface area contributed by atoms with Crippen LogP contribution in [0.4, 0.5) is 13.2 Å². The monoisotopic (exact) mass is 314 g/mol. The van der Waals surface area contributed by atoms with E-state index in [0.29, 0.717) is 19.4 Å². The third kappa shape index (κ3) is 5.33. The molecule has 122 valence electrons. The molecule has 1 atom stereocenters. The van der Waals surface area contributed by atoms with Gasteiger partial charge >= 0.3 is 12.1 Å². The molecule has 0 radical (unpaired) electrons. The van der Waals surface area contributed by atoms with Crippen LogP contribution in [0.3, 0.4) is 0 Å². The van der Waals surface area contributed by atoms with Crippen LogP contribution in [0.1, 0.15) is 19.3 Å². The van der Waals surface area contributed by atoms with Crippen molar-refractivity contribution < 1.29 is 18.0 Å². The van der Waals surface area contributed by atoms with Crippen molar-refractivity contribution in [3.63, 3.8) is 0 Å². The van der Waals surface area contributed by atoms with Crippen LogP contribution in [0, 0.1) is 5.92 Å². The Morgan fingerprint density at radius 1 is 1.05 bits per heavy atom. The fourth-order valence-corrected chi connectivity index (χ4v) is 2.48. The summed E-state index contributed by atoms with van der Waals surface area (Å²) in [6.45, 7) is 1.80. The Morgan fingerprint density at radius 2 is 1.59 bits per heavy atom. The second-order valence-electron chi connectivity index (χ2n) is 5.70. The van der Waals surface area contributed by atoms with Crippen molar-refractivity contribution in [2.45, 2.75) is 31.5 Å². The Morgan fingerprint density at radius 3 is 1.95 bits per heavy atom. The van der Waals surface area contributed by atoms with Gasteiger partial charge in [0.05, 0.1) is 0 Å². The van der Waals surface area contributed by atoms with Gasteiger partial charge in [0, 0.05) is 12.6 Å². The van der Waals surface area contributed by atoms with Crippen molar-refractivity contribution in [2.75, 3.05) is 19.6 Å². The van der Waals surface area contributed by atoms with E-state index in [4.69, 9.17) is 0 Å². The molecule has 1 saturated heterocycles. The molecule has 0 aromatic heterocycles. The number of rotatable bonds is 3. The van der Waals surface area contributed by atoms with Gasteiger partial charge in [-0.1, -0.05) is 36.4 Å². The molecule has 1 aliphatic heterocycles. The number of nitrogens with one attached hydrogen (secondary N) is 1. The summed E-state index contributed by atoms with van der Waals surface area (Å²) in [5.41, 5.74) is 0. The molecule has 2 fully saturated rings. The minimum Gasteiger partial charge on any atom is -0.332 e. The summed E-state index contributed by atoms with van der Waals surface area (Å²) in [5.74, 6) is -1.49. The van der Waals surface area contributed by atoms with Crippen molar-refractivity contribution in [2.24, 2.45) is 5.92 Å². The highest BCUT2D eigenvalue weighted by Gasteiger charge is 2.47. The van der Waals surface area contributed by atoms with Crippen LogP contribution in [0.25, 0.3) is 0 Å². The molecule has 0 bridgehead atoms. The average molecular weight is 314 g/mol. The summed E-state index contributed by atoms with van der Waals surface area (Å²) in [7, 11) is 0. The second kappa shape index (κ2) is 7.63. The first-order valence-electron chi connectivity index (χ1n) is 7.57. The van der Waals surface area contributed by atoms with Crippen LogP contribution in [0.15, 0.2) is 36.4 Å². The zero-order chi connectivity index (χ0) is 16.0. The SMILES string of the molecule is O=C(N(CC1CCNC1)C1CC1)C(F)(F)F.c1ccccc1. The topological polar surface area (TPSA) is 32.3 Å². The summed E-state index contributed by atoms with van der Waals surface area (Å²) in [5, 5.41) is 3.10. The van der Waals surface area contributed by atoms with E-state index in [9.17, 15) is 18.0 Å². The van der Waals surface area contributed by atoms with Gasteiger partial charge in [0.25, 0.3) is 0 Å². The molecule has 1 aromatic rings. The molecule has 1 aliphatic carbocycles. The smallest absolute Gasteiger partial charge is 0.332 e. The number of carbonyl (C=O) groups excluding carboxylic acids is 1. The van der Waals surface area contributed by atoms with Gasteiger partial charge in [-0.2, -0.15) is 13.2 Å². The summed E-state index contributed by atoms with van der Waals surface area (Å²) in [4.78, 5) is 12.2. The number of hydrogen-bond acceptors (Lipinski definition) is 2. The number of amides is 1. The van der Waals surface area contributed by atoms with E-state index in [1.165, 1.54) is 0 Å². The Bertz CT molecular complexity index is 428. The fourth-order valence-electron chi connectivity index (χ4n) is 2.48. The van der Waals surface area contributed by atoms with Crippen molar-refractivity contribution >= 4 is 5.91 Å². The van der Waals surface area contributed by atoms with E-state index in [1.807, 2.05) is 36.4 Å². The molecule has 22 heavy (non-hydrogen) atoms. The molecule has 1 amide bonds. The largest absolute Gasteiger partial charge is 0.471 e. The van der Waals surface area contributed by atoms with E-state index >= 15 is 0 Å². The Labute approximate surface area is 128 Å². The highest BCUT2D eigenvalue weighted by atomic mass is 19.4. The van der Waals surface area contributed by atoms with Crippen LogP contribution in [0.2, 0.25) is 0 Å². The molecule has 1 N–H and O–H groups in total. The lowest BCUT2D eigenvalue weighted by atomic mass is 10.1. The molecule has 1 aromatic carbocycles. The number of carbonyl (C=O) groups is 1. The summed E-state index contributed by atoms with van der Waals surface area (Å²) in [6.07, 6.45) is -2.45. The molecule has 2 aliphatic rings. The van der Waals surface area contributed by atoms with Crippen LogP contribution in [-0.4, -0.2) is 42.7 Å². The first-order valence-corrected chi connectivity index (χ1v) is 7.57. The second-order valence-corrected chi connectivity index (χ2v) is 5.70. The van der Waals surface area contributed by atoms with Crippen LogP contribution in [0.5, 0.6) is 0 Å². The molecular weight excluding hydrogens is 293 g/mol. The van der Waals surface area contributed by atoms with E-state index in [-0.39, 0.29) is 18.5 Å². The summed E-state index contributed by atoms with van der Waals surface area (Å²) >= 11 is 0. The molecular formula is C16H21F3N2O. The van der Waals surface area contributed by atoms with Crippen LogP contribution < -0.4 is 5.32 Å². The van der Waals surface area contributed by atoms with Gasteiger partial charge in [-0.15, -0.1) is 0 Å². The molecule has 0 spiro atoms. The molecule has 3 rings (SSSR count). The molecule has 1 heterocycles. The highest BCUT2D eigenvalue weighted by Crippen LogP contribution is 2.32. The fraction of sp³-hybridized carbons (Fsp3) is 0.562. The minimum absolute atomic E-state index is 0.172. The standard InChI is InChI=1S/C10H15F3N2O.C6H6/c11-10(12,13)9(16)15(8-1-2-8)6-7-3-4-14-5-7;1-2-4-6-5-3-1/h7-8,14H,1-6H2;1-6H. The Hall–Kier alpha value is -1.56. The Balaban J connectivity index is 0.000000246. The Kier molecular flexibility index (Phi) is 5.83. The zero-order valence-corrected chi connectivity index (χ0v) is 12.4. The third-order valence-corrected chi connectivity index (χ3v) is 3.77. The lowest BCUT2D eigenvalue weighted by Crippen LogP contribution is -2.45. The molecule has 1 unspecified atom stereocenters. The van der Waals surface area contributed by atoms with E-state index < -0.39 is 12.1 Å². The predicted molar refractivity (Wildman–Crippen MR) is 78.2 cm³/mol. The van der Waals surface area contributed by atoms with Crippen molar-refractivity contribution in [3.05, 3.63) is 36.4 Å². The van der Waals surface area contributed by atoms with Gasteiger partial charge in [0.1, 0.15) is 0 Å².